The van der Waals surface area contributed by atoms with Crippen molar-refractivity contribution >= 4 is 23.7 Å². The second-order valence-corrected chi connectivity index (χ2v) is 9.78. The van der Waals surface area contributed by atoms with Gasteiger partial charge in [0.05, 0.1) is 18.1 Å². The quantitative estimate of drug-likeness (QED) is 0.355. The first-order valence-corrected chi connectivity index (χ1v) is 12.5. The molecule has 0 aliphatic carbocycles. The van der Waals surface area contributed by atoms with Crippen molar-refractivity contribution in [3.8, 4) is 5.75 Å². The maximum atomic E-state index is 13.5. The normalized spacial score (nSPS) is 26.8. The monoisotopic (exact) mass is 526 g/mol. The largest absolute Gasteiger partial charge is 0.505 e. The first kappa shape index (κ1) is 28.6. The van der Waals surface area contributed by atoms with Crippen molar-refractivity contribution < 1.29 is 34.1 Å². The fourth-order valence-electron chi connectivity index (χ4n) is 4.19. The van der Waals surface area contributed by atoms with Crippen molar-refractivity contribution in [2.24, 2.45) is 11.8 Å². The number of ether oxygens (including phenoxy) is 1. The number of rotatable bonds is 5. The van der Waals surface area contributed by atoms with Crippen LogP contribution in [0.3, 0.4) is 0 Å². The van der Waals surface area contributed by atoms with Crippen LogP contribution >= 0.6 is 0 Å². The summed E-state index contributed by atoms with van der Waals surface area (Å²) < 4.78 is 5.54. The van der Waals surface area contributed by atoms with Gasteiger partial charge in [-0.05, 0) is 37.0 Å². The highest BCUT2D eigenvalue weighted by molar-refractivity contribution is 5.98. The van der Waals surface area contributed by atoms with E-state index in [-0.39, 0.29) is 18.0 Å². The van der Waals surface area contributed by atoms with Crippen molar-refractivity contribution in [3.63, 3.8) is 0 Å². The number of aromatic hydroxyl groups is 1. The zero-order chi connectivity index (χ0) is 28.0. The molecule has 0 radical (unpaired) electrons. The highest BCUT2D eigenvalue weighted by Gasteiger charge is 2.39. The van der Waals surface area contributed by atoms with Crippen LogP contribution in [0.4, 0.5) is 0 Å². The van der Waals surface area contributed by atoms with Crippen molar-refractivity contribution in [2.75, 3.05) is 0 Å². The third-order valence-electron chi connectivity index (χ3n) is 6.52. The van der Waals surface area contributed by atoms with E-state index >= 15 is 0 Å². The van der Waals surface area contributed by atoms with Gasteiger partial charge in [-0.25, -0.2) is 9.78 Å². The molecule has 1 unspecified atom stereocenters. The smallest absolute Gasteiger partial charge is 0.329 e. The van der Waals surface area contributed by atoms with Gasteiger partial charge >= 0.3 is 5.97 Å². The Morgan fingerprint density at radius 2 is 1.74 bits per heavy atom. The van der Waals surface area contributed by atoms with Crippen LogP contribution in [-0.4, -0.2) is 69.2 Å². The number of hydrogen-bond donors (Lipinski definition) is 5. The van der Waals surface area contributed by atoms with Gasteiger partial charge in [-0.2, -0.15) is 0 Å². The summed E-state index contributed by atoms with van der Waals surface area (Å²) in [5.41, 5.74) is 0.488. The average molecular weight is 527 g/mol. The minimum absolute atomic E-state index is 0.189. The van der Waals surface area contributed by atoms with E-state index in [9.17, 15) is 29.4 Å². The number of carbonyl (C=O) groups excluding carboxylic acids is 4. The highest BCUT2D eigenvalue weighted by atomic mass is 16.5. The van der Waals surface area contributed by atoms with Crippen LogP contribution < -0.4 is 16.0 Å². The Balaban J connectivity index is 1.99. The minimum atomic E-state index is -1.41. The van der Waals surface area contributed by atoms with Gasteiger partial charge in [-0.3, -0.25) is 14.4 Å². The maximum Gasteiger partial charge on any atom is 0.329 e. The average Bonchev–Trinajstić information content (AvgIpc) is 2.88. The van der Waals surface area contributed by atoms with Crippen LogP contribution in [0.25, 0.3) is 0 Å². The Morgan fingerprint density at radius 1 is 1.05 bits per heavy atom. The molecule has 11 heteroatoms. The molecule has 1 aliphatic rings. The van der Waals surface area contributed by atoms with Crippen molar-refractivity contribution in [1.29, 1.82) is 0 Å². The molecule has 38 heavy (non-hydrogen) atoms. The van der Waals surface area contributed by atoms with Crippen LogP contribution in [0, 0.1) is 11.8 Å². The Morgan fingerprint density at radius 3 is 2.37 bits per heavy atom. The van der Waals surface area contributed by atoms with E-state index in [0.717, 1.165) is 5.56 Å². The Hall–Kier alpha value is -3.99. The molecule has 6 atom stereocenters. The lowest BCUT2D eigenvalue weighted by Crippen LogP contribution is -2.61. The molecule has 1 fully saturated rings. The number of aromatic nitrogens is 1. The number of carbonyl (C=O) groups is 4. The number of aliphatic hydroxyl groups is 1. The van der Waals surface area contributed by atoms with E-state index in [1.54, 1.807) is 13.8 Å². The van der Waals surface area contributed by atoms with Gasteiger partial charge < -0.3 is 30.9 Å². The van der Waals surface area contributed by atoms with E-state index in [1.807, 2.05) is 30.3 Å². The molecule has 3 rings (SSSR count). The van der Waals surface area contributed by atoms with Crippen molar-refractivity contribution in [3.05, 3.63) is 59.9 Å². The number of pyridine rings is 1. The molecule has 3 amide bonds. The number of benzene rings is 1. The number of cyclic esters (lactones) is 1. The second-order valence-electron chi connectivity index (χ2n) is 9.78. The zero-order valence-electron chi connectivity index (χ0n) is 21.8. The summed E-state index contributed by atoms with van der Waals surface area (Å²) >= 11 is 0. The standard InChI is InChI=1S/C27H34N4O7/c1-14(2)20-27(37)38-16(4)21(31-26(36)22-19(32)11-8-12-28-22)25(35)29-18(13-17-9-6-5-7-10-17)23(33)15(3)24(34)30-20/h5-12,14-16,18,20-21,23,32-33H,13H2,1-4H3,(H,29,35)(H,30,34)(H,31,36)/t15-,16-,18+,20?,21+,23+/m1/s1. The second kappa shape index (κ2) is 12.5. The number of amides is 3. The first-order chi connectivity index (χ1) is 18.0. The number of hydrogen-bond acceptors (Lipinski definition) is 8. The lowest BCUT2D eigenvalue weighted by molar-refractivity contribution is -0.157. The fourth-order valence-corrected chi connectivity index (χ4v) is 4.19. The molecule has 2 aromatic rings. The van der Waals surface area contributed by atoms with E-state index < -0.39 is 65.7 Å². The predicted molar refractivity (Wildman–Crippen MR) is 137 cm³/mol. The summed E-state index contributed by atoms with van der Waals surface area (Å²) in [7, 11) is 0. The molecule has 1 aromatic heterocycles. The van der Waals surface area contributed by atoms with E-state index in [1.165, 1.54) is 32.2 Å². The molecule has 0 bridgehead atoms. The number of aliphatic hydroxyl groups excluding tert-OH is 1. The number of esters is 1. The Kier molecular flexibility index (Phi) is 9.40. The van der Waals surface area contributed by atoms with E-state index in [2.05, 4.69) is 20.9 Å². The summed E-state index contributed by atoms with van der Waals surface area (Å²) in [6, 6.07) is 8.43. The summed E-state index contributed by atoms with van der Waals surface area (Å²) in [5, 5.41) is 29.1. The molecule has 204 valence electrons. The lowest BCUT2D eigenvalue weighted by Gasteiger charge is -2.34. The van der Waals surface area contributed by atoms with Crippen molar-refractivity contribution in [2.45, 2.75) is 64.4 Å². The molecule has 11 nitrogen and oxygen atoms in total. The Bertz CT molecular complexity index is 1160. The van der Waals surface area contributed by atoms with Gasteiger partial charge in [0.15, 0.2) is 5.69 Å². The summed E-state index contributed by atoms with van der Waals surface area (Å²) in [5.74, 6) is -4.71. The topological polar surface area (TPSA) is 167 Å². The van der Waals surface area contributed by atoms with Crippen LogP contribution in [-0.2, 0) is 25.5 Å². The molecule has 1 aliphatic heterocycles. The lowest BCUT2D eigenvalue weighted by atomic mass is 9.91. The van der Waals surface area contributed by atoms with Crippen LogP contribution in [0.1, 0.15) is 43.7 Å². The Labute approximate surface area is 221 Å². The van der Waals surface area contributed by atoms with Crippen LogP contribution in [0.15, 0.2) is 48.7 Å². The van der Waals surface area contributed by atoms with E-state index in [4.69, 9.17) is 4.74 Å². The molecule has 1 aromatic carbocycles. The van der Waals surface area contributed by atoms with E-state index in [0.29, 0.717) is 0 Å². The van der Waals surface area contributed by atoms with Crippen LogP contribution in [0.5, 0.6) is 5.75 Å². The predicted octanol–water partition coefficient (Wildman–Crippen LogP) is 0.696. The fraction of sp³-hybridized carbons (Fsp3) is 0.444. The molecule has 0 saturated carbocycles. The third-order valence-corrected chi connectivity index (χ3v) is 6.52. The SMILES string of the molecule is CC(C)C1NC(=O)[C@H](C)[C@H](O)[C@H](Cc2ccccc2)NC(=O)[C@@H](NC(=O)c2ncccc2O)[C@@H](C)OC1=O. The molecule has 1 saturated heterocycles. The molecule has 2 heterocycles. The maximum absolute atomic E-state index is 13.5. The molecule has 0 spiro atoms. The first-order valence-electron chi connectivity index (χ1n) is 12.5. The third kappa shape index (κ3) is 6.86. The number of nitrogens with zero attached hydrogens (tertiary/aromatic N) is 1. The van der Waals surface area contributed by atoms with Gasteiger partial charge in [0, 0.05) is 6.20 Å². The molecular formula is C27H34N4O7. The van der Waals surface area contributed by atoms with Gasteiger partial charge in [0.1, 0.15) is 23.9 Å². The molecular weight excluding hydrogens is 492 g/mol. The highest BCUT2D eigenvalue weighted by Crippen LogP contribution is 2.18. The summed E-state index contributed by atoms with van der Waals surface area (Å²) in [6.07, 6.45) is -1.01. The number of nitrogens with one attached hydrogen (secondary N) is 3. The van der Waals surface area contributed by atoms with Gasteiger partial charge in [0.25, 0.3) is 5.91 Å². The van der Waals surface area contributed by atoms with Crippen LogP contribution in [0.2, 0.25) is 0 Å². The summed E-state index contributed by atoms with van der Waals surface area (Å²) in [6.45, 7) is 6.37. The minimum Gasteiger partial charge on any atom is -0.505 e. The van der Waals surface area contributed by atoms with Gasteiger partial charge in [-0.15, -0.1) is 0 Å². The zero-order valence-corrected chi connectivity index (χ0v) is 21.8. The van der Waals surface area contributed by atoms with Crippen molar-refractivity contribution in [1.82, 2.24) is 20.9 Å². The van der Waals surface area contributed by atoms with Gasteiger partial charge in [0.2, 0.25) is 11.8 Å². The van der Waals surface area contributed by atoms with Gasteiger partial charge in [-0.1, -0.05) is 51.1 Å². The molecule has 5 N–H and O–H groups in total. The summed E-state index contributed by atoms with van der Waals surface area (Å²) in [4.78, 5) is 56.3.